The van der Waals surface area contributed by atoms with Crippen LogP contribution in [-0.4, -0.2) is 6.29 Å². The zero-order valence-electron chi connectivity index (χ0n) is 10.4. The second-order valence-electron chi connectivity index (χ2n) is 4.15. The Labute approximate surface area is 113 Å². The number of carbonyl (C=O) groups excluding carboxylic acids is 1. The number of alkyl halides is 3. The molecular formula is C15H11F3O2. The van der Waals surface area contributed by atoms with Gasteiger partial charge in [-0.05, 0) is 23.8 Å². The van der Waals surface area contributed by atoms with E-state index >= 15 is 0 Å². The molecule has 0 atom stereocenters. The van der Waals surface area contributed by atoms with Gasteiger partial charge in [-0.1, -0.05) is 30.3 Å². The van der Waals surface area contributed by atoms with Crippen LogP contribution < -0.4 is 4.74 Å². The van der Waals surface area contributed by atoms with Crippen LogP contribution in [0.15, 0.2) is 48.5 Å². The third-order valence-electron chi connectivity index (χ3n) is 2.67. The maximum absolute atomic E-state index is 12.8. The summed E-state index contributed by atoms with van der Waals surface area (Å²) < 4.78 is 43.5. The van der Waals surface area contributed by atoms with E-state index in [0.717, 1.165) is 6.07 Å². The molecule has 0 unspecified atom stereocenters. The molecule has 5 heteroatoms. The maximum Gasteiger partial charge on any atom is 0.419 e. The first-order chi connectivity index (χ1) is 9.50. The smallest absolute Gasteiger partial charge is 0.419 e. The lowest BCUT2D eigenvalue weighted by Crippen LogP contribution is -2.08. The summed E-state index contributed by atoms with van der Waals surface area (Å²) in [5.41, 5.74) is 0.272. The van der Waals surface area contributed by atoms with Crippen LogP contribution in [0.25, 0.3) is 0 Å². The van der Waals surface area contributed by atoms with E-state index in [-0.39, 0.29) is 12.4 Å². The zero-order valence-corrected chi connectivity index (χ0v) is 10.4. The fraction of sp³-hybridized carbons (Fsp3) is 0.133. The van der Waals surface area contributed by atoms with Crippen LogP contribution in [0.3, 0.4) is 0 Å². The summed E-state index contributed by atoms with van der Waals surface area (Å²) in [5, 5.41) is 0. The summed E-state index contributed by atoms with van der Waals surface area (Å²) in [6, 6.07) is 11.5. The lowest BCUT2D eigenvalue weighted by Gasteiger charge is -2.13. The van der Waals surface area contributed by atoms with Crippen LogP contribution in [-0.2, 0) is 12.8 Å². The van der Waals surface area contributed by atoms with Crippen LogP contribution in [0.1, 0.15) is 21.5 Å². The number of carbonyl (C=O) groups is 1. The van der Waals surface area contributed by atoms with Crippen molar-refractivity contribution >= 4 is 6.29 Å². The van der Waals surface area contributed by atoms with Gasteiger partial charge in [0.15, 0.2) is 0 Å². The van der Waals surface area contributed by atoms with E-state index in [0.29, 0.717) is 17.4 Å². The summed E-state index contributed by atoms with van der Waals surface area (Å²) in [4.78, 5) is 10.6. The Kier molecular flexibility index (Phi) is 4.08. The lowest BCUT2D eigenvalue weighted by atomic mass is 10.1. The minimum Gasteiger partial charge on any atom is -0.488 e. The SMILES string of the molecule is O=Cc1cccc(COc2ccccc2C(F)(F)F)c1. The number of para-hydroxylation sites is 1. The van der Waals surface area contributed by atoms with Crippen molar-refractivity contribution < 1.29 is 22.7 Å². The Morgan fingerprint density at radius 2 is 1.80 bits per heavy atom. The lowest BCUT2D eigenvalue weighted by molar-refractivity contribution is -0.139. The van der Waals surface area contributed by atoms with Gasteiger partial charge in [-0.2, -0.15) is 13.2 Å². The molecule has 2 aromatic carbocycles. The highest BCUT2D eigenvalue weighted by Gasteiger charge is 2.33. The van der Waals surface area contributed by atoms with Crippen LogP contribution in [0.4, 0.5) is 13.2 Å². The number of hydrogen-bond donors (Lipinski definition) is 0. The largest absolute Gasteiger partial charge is 0.488 e. The van der Waals surface area contributed by atoms with E-state index in [9.17, 15) is 18.0 Å². The maximum atomic E-state index is 12.8. The molecule has 0 spiro atoms. The second-order valence-corrected chi connectivity index (χ2v) is 4.15. The molecule has 0 saturated carbocycles. The molecular weight excluding hydrogens is 269 g/mol. The molecule has 0 aliphatic heterocycles. The predicted molar refractivity (Wildman–Crippen MR) is 67.6 cm³/mol. The molecule has 0 saturated heterocycles. The topological polar surface area (TPSA) is 26.3 Å². The minimum absolute atomic E-state index is 0.0330. The van der Waals surface area contributed by atoms with E-state index in [4.69, 9.17) is 4.74 Å². The standard InChI is InChI=1S/C15H11F3O2/c16-15(17,18)13-6-1-2-7-14(13)20-10-12-5-3-4-11(8-12)9-19/h1-9H,10H2. The van der Waals surface area contributed by atoms with E-state index in [1.54, 1.807) is 24.3 Å². The Balaban J connectivity index is 2.17. The Morgan fingerprint density at radius 1 is 1.05 bits per heavy atom. The summed E-state index contributed by atoms with van der Waals surface area (Å²) >= 11 is 0. The summed E-state index contributed by atoms with van der Waals surface area (Å²) in [6.45, 7) is -0.0330. The molecule has 0 aromatic heterocycles. The Bertz CT molecular complexity index is 606. The molecule has 0 amide bonds. The molecule has 0 radical (unpaired) electrons. The summed E-state index contributed by atoms with van der Waals surface area (Å²) in [6.07, 6.45) is -3.78. The zero-order chi connectivity index (χ0) is 14.6. The minimum atomic E-state index is -4.46. The summed E-state index contributed by atoms with van der Waals surface area (Å²) in [7, 11) is 0. The fourth-order valence-electron chi connectivity index (χ4n) is 1.74. The van der Waals surface area contributed by atoms with E-state index in [1.807, 2.05) is 0 Å². The number of rotatable bonds is 4. The summed E-state index contributed by atoms with van der Waals surface area (Å²) in [5.74, 6) is -0.225. The normalized spacial score (nSPS) is 11.2. The molecule has 2 nitrogen and oxygen atoms in total. The van der Waals surface area contributed by atoms with E-state index < -0.39 is 11.7 Å². The van der Waals surface area contributed by atoms with E-state index in [2.05, 4.69) is 0 Å². The van der Waals surface area contributed by atoms with Crippen LogP contribution in [0, 0.1) is 0 Å². The number of hydrogen-bond acceptors (Lipinski definition) is 2. The van der Waals surface area contributed by atoms with Crippen LogP contribution in [0.2, 0.25) is 0 Å². The van der Waals surface area contributed by atoms with Crippen molar-refractivity contribution in [2.45, 2.75) is 12.8 Å². The van der Waals surface area contributed by atoms with Crippen molar-refractivity contribution in [1.82, 2.24) is 0 Å². The third kappa shape index (κ3) is 3.38. The molecule has 0 aliphatic carbocycles. The average Bonchev–Trinajstić information content (AvgIpc) is 2.44. The number of benzene rings is 2. The first kappa shape index (κ1) is 14.1. The van der Waals surface area contributed by atoms with Gasteiger partial charge < -0.3 is 4.74 Å². The molecule has 2 aromatic rings. The van der Waals surface area contributed by atoms with Crippen molar-refractivity contribution in [1.29, 1.82) is 0 Å². The molecule has 20 heavy (non-hydrogen) atoms. The van der Waals surface area contributed by atoms with Gasteiger partial charge in [-0.25, -0.2) is 0 Å². The highest BCUT2D eigenvalue weighted by atomic mass is 19.4. The third-order valence-corrected chi connectivity index (χ3v) is 2.67. The number of halogens is 3. The molecule has 104 valence electrons. The van der Waals surface area contributed by atoms with Crippen molar-refractivity contribution in [2.75, 3.05) is 0 Å². The average molecular weight is 280 g/mol. The van der Waals surface area contributed by atoms with Gasteiger partial charge in [-0.3, -0.25) is 4.79 Å². The molecule has 2 rings (SSSR count). The van der Waals surface area contributed by atoms with Gasteiger partial charge in [0.1, 0.15) is 18.6 Å². The van der Waals surface area contributed by atoms with Gasteiger partial charge in [-0.15, -0.1) is 0 Å². The molecule has 0 heterocycles. The van der Waals surface area contributed by atoms with Gasteiger partial charge >= 0.3 is 6.18 Å². The fourth-order valence-corrected chi connectivity index (χ4v) is 1.74. The van der Waals surface area contributed by atoms with Crippen molar-refractivity contribution in [3.05, 3.63) is 65.2 Å². The van der Waals surface area contributed by atoms with Gasteiger partial charge in [0, 0.05) is 5.56 Å². The predicted octanol–water partition coefficient (Wildman–Crippen LogP) is 4.10. The van der Waals surface area contributed by atoms with Gasteiger partial charge in [0.05, 0.1) is 5.56 Å². The molecule has 0 aliphatic rings. The molecule has 0 fully saturated rings. The van der Waals surface area contributed by atoms with Crippen molar-refractivity contribution in [2.24, 2.45) is 0 Å². The quantitative estimate of drug-likeness (QED) is 0.788. The van der Waals surface area contributed by atoms with E-state index in [1.165, 1.54) is 18.2 Å². The van der Waals surface area contributed by atoms with Crippen LogP contribution >= 0.6 is 0 Å². The Hall–Kier alpha value is -2.30. The highest BCUT2D eigenvalue weighted by molar-refractivity contribution is 5.74. The molecule has 0 bridgehead atoms. The second kappa shape index (κ2) is 5.77. The monoisotopic (exact) mass is 280 g/mol. The van der Waals surface area contributed by atoms with Crippen LogP contribution in [0.5, 0.6) is 5.75 Å². The van der Waals surface area contributed by atoms with Gasteiger partial charge in [0.25, 0.3) is 0 Å². The number of ether oxygens (including phenoxy) is 1. The van der Waals surface area contributed by atoms with Gasteiger partial charge in [0.2, 0.25) is 0 Å². The number of aldehydes is 1. The Morgan fingerprint density at radius 3 is 2.50 bits per heavy atom. The van der Waals surface area contributed by atoms with Crippen molar-refractivity contribution in [3.8, 4) is 5.75 Å². The molecule has 0 N–H and O–H groups in total. The highest BCUT2D eigenvalue weighted by Crippen LogP contribution is 2.36. The first-order valence-electron chi connectivity index (χ1n) is 5.84. The van der Waals surface area contributed by atoms with Crippen molar-refractivity contribution in [3.63, 3.8) is 0 Å². The first-order valence-corrected chi connectivity index (χ1v) is 5.84.